The van der Waals surface area contributed by atoms with Crippen molar-refractivity contribution in [2.24, 2.45) is 4.99 Å². The van der Waals surface area contributed by atoms with Gasteiger partial charge in [-0.2, -0.15) is 0 Å². The first-order chi connectivity index (χ1) is 24.2. The summed E-state index contributed by atoms with van der Waals surface area (Å²) in [5, 5.41) is 9.01. The first kappa shape index (κ1) is 29.7. The predicted octanol–water partition coefficient (Wildman–Crippen LogP) is 10.7. The summed E-state index contributed by atoms with van der Waals surface area (Å²) in [5.74, 6) is 0.881. The van der Waals surface area contributed by atoms with Crippen LogP contribution in [0.15, 0.2) is 193 Å². The Labute approximate surface area is 292 Å². The average Bonchev–Trinajstić information content (AvgIpc) is 3.30. The summed E-state index contributed by atoms with van der Waals surface area (Å²) in [4.78, 5) is 6.05. The molecule has 0 N–H and O–H groups in total. The first-order valence-corrected chi connectivity index (χ1v) is 18.5. The van der Waals surface area contributed by atoms with Crippen molar-refractivity contribution in [3.63, 3.8) is 0 Å². The maximum Gasteiger partial charge on any atom is 0.143 e. The van der Waals surface area contributed by atoms with E-state index in [0.29, 0.717) is 0 Å². The van der Waals surface area contributed by atoms with E-state index in [4.69, 9.17) is 4.99 Å². The van der Waals surface area contributed by atoms with Crippen molar-refractivity contribution in [2.45, 2.75) is 4.90 Å². The lowest BCUT2D eigenvalue weighted by atomic mass is 9.85. The van der Waals surface area contributed by atoms with Crippen molar-refractivity contribution in [3.8, 4) is 11.1 Å². The van der Waals surface area contributed by atoms with Gasteiger partial charge in [0.15, 0.2) is 0 Å². The van der Waals surface area contributed by atoms with Crippen molar-refractivity contribution < 1.29 is 0 Å². The highest BCUT2D eigenvalue weighted by atomic mass is 32.2. The van der Waals surface area contributed by atoms with E-state index in [1.807, 2.05) is 6.07 Å². The number of hydrogen-bond acceptors (Lipinski definition) is 3. The Bertz CT molecular complexity index is 2380. The molecule has 0 saturated heterocycles. The summed E-state index contributed by atoms with van der Waals surface area (Å²) in [6, 6.07) is 57.2. The van der Waals surface area contributed by atoms with Crippen LogP contribution in [0.4, 0.5) is 0 Å². The monoisotopic (exact) mass is 662 g/mol. The molecule has 0 atom stereocenters. The number of hydrogen-bond donors (Lipinski definition) is 0. The highest BCUT2D eigenvalue weighted by molar-refractivity contribution is 7.97. The maximum absolute atomic E-state index is 4.90. The molecule has 0 aliphatic carbocycles. The van der Waals surface area contributed by atoms with Gasteiger partial charge in [0.2, 0.25) is 0 Å². The second-order valence-corrected chi connectivity index (χ2v) is 15.4. The molecule has 0 spiro atoms. The van der Waals surface area contributed by atoms with Crippen LogP contribution >= 0.6 is 19.9 Å². The van der Waals surface area contributed by atoms with E-state index < -0.39 is 7.92 Å². The van der Waals surface area contributed by atoms with Gasteiger partial charge in [-0.3, -0.25) is 4.31 Å². The standard InChI is InChI=1S/C45H31N2PS/c1-31-37-18-12-13-23-42(37)49-47-30-33(26-29-43(47)46-31)45-40-21-10-8-19-38(40)44(39-20-9-11-22-41(39)45)32-24-27-36(28-25-32)48(34-14-4-2-5-15-34)35-16-6-3-7-17-35/h2-30H,1H2. The van der Waals surface area contributed by atoms with Crippen LogP contribution in [0.25, 0.3) is 43.9 Å². The summed E-state index contributed by atoms with van der Waals surface area (Å²) < 4.78 is 2.18. The summed E-state index contributed by atoms with van der Waals surface area (Å²) in [7, 11) is -0.675. The molecular formula is C45H31N2PS. The zero-order valence-electron chi connectivity index (χ0n) is 26.7. The molecule has 2 nitrogen and oxygen atoms in total. The molecule has 2 aliphatic heterocycles. The smallest absolute Gasteiger partial charge is 0.143 e. The molecule has 0 bridgehead atoms. The number of benzene rings is 7. The van der Waals surface area contributed by atoms with E-state index in [-0.39, 0.29) is 0 Å². The Morgan fingerprint density at radius 3 is 1.63 bits per heavy atom. The number of allylic oxidation sites excluding steroid dienone is 2. The topological polar surface area (TPSA) is 15.6 Å². The molecule has 232 valence electrons. The fourth-order valence-corrected chi connectivity index (χ4v) is 10.3. The quantitative estimate of drug-likeness (QED) is 0.104. The van der Waals surface area contributed by atoms with Gasteiger partial charge in [0.05, 0.1) is 5.70 Å². The molecule has 0 saturated carbocycles. The van der Waals surface area contributed by atoms with Gasteiger partial charge in [-0.1, -0.05) is 158 Å². The van der Waals surface area contributed by atoms with Crippen molar-refractivity contribution in [1.29, 1.82) is 0 Å². The number of aliphatic imine (C=N–C) groups is 1. The van der Waals surface area contributed by atoms with Crippen LogP contribution in [-0.4, -0.2) is 10.1 Å². The van der Waals surface area contributed by atoms with E-state index >= 15 is 0 Å². The van der Waals surface area contributed by atoms with Gasteiger partial charge < -0.3 is 0 Å². The zero-order chi connectivity index (χ0) is 32.7. The SMILES string of the molecule is C=C1N=C2C=CC(c3c4ccccc4c(-c4ccc(P(c5ccccc5)c5ccccc5)cc4)c4ccccc34)=CN2Sc2ccccc21. The van der Waals surface area contributed by atoms with E-state index in [9.17, 15) is 0 Å². The lowest BCUT2D eigenvalue weighted by Gasteiger charge is -2.24. The molecule has 9 rings (SSSR count). The van der Waals surface area contributed by atoms with Crippen LogP contribution < -0.4 is 15.9 Å². The Balaban J connectivity index is 1.19. The third-order valence-electron chi connectivity index (χ3n) is 9.20. The van der Waals surface area contributed by atoms with Crippen molar-refractivity contribution in [2.75, 3.05) is 0 Å². The number of amidine groups is 1. The number of fused-ring (bicyclic) bond motifs is 4. The fourth-order valence-electron chi connectivity index (χ4n) is 7.00. The van der Waals surface area contributed by atoms with Crippen LogP contribution in [0.5, 0.6) is 0 Å². The lowest BCUT2D eigenvalue weighted by Crippen LogP contribution is -2.20. The second kappa shape index (κ2) is 12.5. The molecule has 2 aliphatic rings. The van der Waals surface area contributed by atoms with Gasteiger partial charge in [0.1, 0.15) is 5.84 Å². The molecule has 49 heavy (non-hydrogen) atoms. The fraction of sp³-hybridized carbons (Fsp3) is 0. The molecule has 0 unspecified atom stereocenters. The Morgan fingerprint density at radius 1 is 0.510 bits per heavy atom. The molecule has 0 fully saturated rings. The minimum absolute atomic E-state index is 0.675. The summed E-state index contributed by atoms with van der Waals surface area (Å²) in [6.45, 7) is 4.27. The molecule has 0 aromatic heterocycles. The average molecular weight is 663 g/mol. The van der Waals surface area contributed by atoms with Crippen LogP contribution in [-0.2, 0) is 0 Å². The second-order valence-electron chi connectivity index (χ2n) is 12.1. The normalized spacial score (nSPS) is 14.0. The molecule has 7 aromatic carbocycles. The van der Waals surface area contributed by atoms with Gasteiger partial charge in [-0.15, -0.1) is 0 Å². The third-order valence-corrected chi connectivity index (χ3v) is 12.7. The predicted molar refractivity (Wildman–Crippen MR) is 213 cm³/mol. The van der Waals surface area contributed by atoms with Crippen molar-refractivity contribution in [3.05, 3.63) is 194 Å². The third kappa shape index (κ3) is 5.33. The van der Waals surface area contributed by atoms with Crippen LogP contribution in [0.1, 0.15) is 11.1 Å². The number of nitrogens with zero attached hydrogens (tertiary/aromatic N) is 2. The minimum Gasteiger partial charge on any atom is -0.271 e. The highest BCUT2D eigenvalue weighted by Crippen LogP contribution is 2.44. The van der Waals surface area contributed by atoms with E-state index in [1.165, 1.54) is 54.1 Å². The van der Waals surface area contributed by atoms with Gasteiger partial charge in [0.25, 0.3) is 0 Å². The summed E-state index contributed by atoms with van der Waals surface area (Å²) in [5.41, 5.74) is 6.73. The van der Waals surface area contributed by atoms with E-state index in [2.05, 4.69) is 181 Å². The van der Waals surface area contributed by atoms with E-state index in [0.717, 1.165) is 27.6 Å². The van der Waals surface area contributed by atoms with Crippen LogP contribution in [0, 0.1) is 0 Å². The summed E-state index contributed by atoms with van der Waals surface area (Å²) in [6.07, 6.45) is 6.56. The zero-order valence-corrected chi connectivity index (χ0v) is 28.4. The molecule has 2 heterocycles. The Kier molecular flexibility index (Phi) is 7.58. The van der Waals surface area contributed by atoms with Crippen LogP contribution in [0.2, 0.25) is 0 Å². The first-order valence-electron chi connectivity index (χ1n) is 16.4. The van der Waals surface area contributed by atoms with Gasteiger partial charge in [0, 0.05) is 22.2 Å². The van der Waals surface area contributed by atoms with Crippen LogP contribution in [0.3, 0.4) is 0 Å². The molecule has 4 heteroatoms. The summed E-state index contributed by atoms with van der Waals surface area (Å²) >= 11 is 1.69. The molecule has 7 aromatic rings. The molecule has 0 amide bonds. The largest absolute Gasteiger partial charge is 0.271 e. The Hall–Kier alpha value is -5.47. The minimum atomic E-state index is -0.675. The lowest BCUT2D eigenvalue weighted by molar-refractivity contribution is 0.932. The van der Waals surface area contributed by atoms with Gasteiger partial charge >= 0.3 is 0 Å². The molecule has 0 radical (unpaired) electrons. The maximum atomic E-state index is 4.90. The van der Waals surface area contributed by atoms with Crippen molar-refractivity contribution >= 4 is 74.4 Å². The highest BCUT2D eigenvalue weighted by Gasteiger charge is 2.24. The van der Waals surface area contributed by atoms with Gasteiger partial charge in [-0.25, -0.2) is 4.99 Å². The molecular weight excluding hydrogens is 632 g/mol. The van der Waals surface area contributed by atoms with Gasteiger partial charge in [-0.05, 0) is 92.2 Å². The number of rotatable bonds is 5. The van der Waals surface area contributed by atoms with E-state index in [1.54, 1.807) is 11.9 Å². The van der Waals surface area contributed by atoms with Crippen molar-refractivity contribution in [1.82, 2.24) is 4.31 Å². The Morgan fingerprint density at radius 2 is 1.02 bits per heavy atom.